The molecule has 0 spiro atoms. The van der Waals surface area contributed by atoms with Crippen molar-refractivity contribution in [1.29, 1.82) is 0 Å². The Labute approximate surface area is 164 Å². The smallest absolute Gasteiger partial charge is 0.266 e. The molecule has 2 aliphatic heterocycles. The zero-order valence-electron chi connectivity index (χ0n) is 15.7. The first kappa shape index (κ1) is 18.7. The van der Waals surface area contributed by atoms with Crippen molar-refractivity contribution in [2.75, 3.05) is 0 Å². The highest BCUT2D eigenvalue weighted by Crippen LogP contribution is 2.41. The second kappa shape index (κ2) is 7.37. The number of fused-ring (bicyclic) bond motifs is 1. The third-order valence-corrected chi connectivity index (χ3v) is 6.09. The van der Waals surface area contributed by atoms with E-state index in [-0.39, 0.29) is 11.9 Å². The van der Waals surface area contributed by atoms with E-state index in [1.165, 1.54) is 0 Å². The van der Waals surface area contributed by atoms with Crippen LogP contribution in [0.25, 0.3) is 11.1 Å². The van der Waals surface area contributed by atoms with E-state index < -0.39 is 17.5 Å². The summed E-state index contributed by atoms with van der Waals surface area (Å²) < 4.78 is 0. The Hall–Kier alpha value is -2.70. The van der Waals surface area contributed by atoms with E-state index in [1.807, 2.05) is 54.6 Å². The maximum Gasteiger partial charge on any atom is 0.266 e. The average Bonchev–Trinajstić information content (AvgIpc) is 2.87. The van der Waals surface area contributed by atoms with Crippen molar-refractivity contribution >= 4 is 11.8 Å². The number of nitrogens with zero attached hydrogens (tertiary/aromatic N) is 1. The lowest BCUT2D eigenvalue weighted by Crippen LogP contribution is -2.53. The van der Waals surface area contributed by atoms with Crippen molar-refractivity contribution in [1.82, 2.24) is 10.4 Å². The number of benzene rings is 2. The number of nitrogens with one attached hydrogen (secondary N) is 1. The predicted molar refractivity (Wildman–Crippen MR) is 105 cm³/mol. The van der Waals surface area contributed by atoms with Gasteiger partial charge in [0, 0.05) is 6.04 Å². The van der Waals surface area contributed by atoms with Gasteiger partial charge in [0.15, 0.2) is 0 Å². The van der Waals surface area contributed by atoms with Gasteiger partial charge in [-0.15, -0.1) is 0 Å². The summed E-state index contributed by atoms with van der Waals surface area (Å²) in [5, 5.41) is 9.10. The van der Waals surface area contributed by atoms with Gasteiger partial charge in [-0.2, -0.15) is 0 Å². The standard InChI is InChI=1S/C22H25N3O3/c23-22(17-12-10-16(11-13-17)15-6-2-1-3-7-15)14-18-8-4-5-9-19(20(26)24-28)25(18)21(22)27/h1-3,6-7,10-13,18-19,28H,4-5,8-9,14,23H2,(H,24,26)/t18?,19-,22-/m1/s1. The molecule has 6 nitrogen and oxygen atoms in total. The first-order valence-corrected chi connectivity index (χ1v) is 9.76. The SMILES string of the molecule is N[C@@]1(c2ccc(-c3ccccc3)cc2)CC2CCCC[C@H](C(=O)NO)N2C1=O. The molecule has 0 radical (unpaired) electrons. The Morgan fingerprint density at radius 3 is 2.36 bits per heavy atom. The normalized spacial score (nSPS) is 27.2. The molecule has 28 heavy (non-hydrogen) atoms. The quantitative estimate of drug-likeness (QED) is 0.564. The van der Waals surface area contributed by atoms with Gasteiger partial charge in [-0.25, -0.2) is 5.48 Å². The van der Waals surface area contributed by atoms with Gasteiger partial charge in [0.2, 0.25) is 5.91 Å². The molecule has 2 aliphatic rings. The monoisotopic (exact) mass is 379 g/mol. The third-order valence-electron chi connectivity index (χ3n) is 6.09. The number of hydrogen-bond donors (Lipinski definition) is 3. The lowest BCUT2D eigenvalue weighted by atomic mass is 9.86. The molecule has 0 bridgehead atoms. The van der Waals surface area contributed by atoms with Crippen LogP contribution >= 0.6 is 0 Å². The molecule has 0 aliphatic carbocycles. The minimum atomic E-state index is -1.15. The second-order valence-corrected chi connectivity index (χ2v) is 7.76. The van der Waals surface area contributed by atoms with Crippen LogP contribution in [0.15, 0.2) is 54.6 Å². The number of nitrogens with two attached hydrogens (primary N) is 1. The van der Waals surface area contributed by atoms with E-state index in [2.05, 4.69) is 0 Å². The molecule has 0 aromatic heterocycles. The van der Waals surface area contributed by atoms with Gasteiger partial charge in [-0.05, 0) is 36.0 Å². The van der Waals surface area contributed by atoms with E-state index >= 15 is 0 Å². The summed E-state index contributed by atoms with van der Waals surface area (Å²) in [5.74, 6) is -0.774. The molecular formula is C22H25N3O3. The van der Waals surface area contributed by atoms with Crippen molar-refractivity contribution in [3.8, 4) is 11.1 Å². The number of hydrogen-bond acceptors (Lipinski definition) is 4. The zero-order chi connectivity index (χ0) is 19.7. The summed E-state index contributed by atoms with van der Waals surface area (Å²) in [6.07, 6.45) is 3.62. The van der Waals surface area contributed by atoms with Crippen LogP contribution < -0.4 is 11.2 Å². The van der Waals surface area contributed by atoms with Crippen molar-refractivity contribution < 1.29 is 14.8 Å². The molecule has 2 saturated heterocycles. The Morgan fingerprint density at radius 2 is 1.68 bits per heavy atom. The number of carbonyl (C=O) groups is 2. The molecule has 2 heterocycles. The maximum absolute atomic E-state index is 13.3. The van der Waals surface area contributed by atoms with Crippen molar-refractivity contribution in [3.05, 3.63) is 60.2 Å². The summed E-state index contributed by atoms with van der Waals surface area (Å²) in [4.78, 5) is 27.1. The summed E-state index contributed by atoms with van der Waals surface area (Å²) in [6.45, 7) is 0. The Kier molecular flexibility index (Phi) is 4.91. The van der Waals surface area contributed by atoms with Gasteiger partial charge in [0.25, 0.3) is 5.91 Å². The van der Waals surface area contributed by atoms with Gasteiger partial charge in [-0.3, -0.25) is 14.8 Å². The summed E-state index contributed by atoms with van der Waals surface area (Å²) >= 11 is 0. The van der Waals surface area contributed by atoms with Crippen LogP contribution in [-0.4, -0.2) is 34.0 Å². The van der Waals surface area contributed by atoms with Gasteiger partial charge >= 0.3 is 0 Å². The third kappa shape index (κ3) is 3.08. The fourth-order valence-corrected chi connectivity index (χ4v) is 4.61. The van der Waals surface area contributed by atoms with Gasteiger partial charge in [0.1, 0.15) is 11.6 Å². The summed E-state index contributed by atoms with van der Waals surface area (Å²) in [5.41, 5.74) is 10.1. The molecule has 2 fully saturated rings. The Bertz CT molecular complexity index is 868. The van der Waals surface area contributed by atoms with Crippen LogP contribution in [-0.2, 0) is 15.1 Å². The lowest BCUT2D eigenvalue weighted by molar-refractivity contribution is -0.145. The number of amides is 2. The van der Waals surface area contributed by atoms with E-state index in [0.29, 0.717) is 12.8 Å². The molecule has 146 valence electrons. The van der Waals surface area contributed by atoms with Crippen LogP contribution in [0.4, 0.5) is 0 Å². The first-order valence-electron chi connectivity index (χ1n) is 9.76. The summed E-state index contributed by atoms with van der Waals surface area (Å²) in [6, 6.07) is 17.1. The number of carbonyl (C=O) groups excluding carboxylic acids is 2. The van der Waals surface area contributed by atoms with Crippen LogP contribution in [0.2, 0.25) is 0 Å². The largest absolute Gasteiger partial charge is 0.326 e. The van der Waals surface area contributed by atoms with Crippen LogP contribution in [0.1, 0.15) is 37.7 Å². The molecule has 6 heteroatoms. The Balaban J connectivity index is 1.64. The highest BCUT2D eigenvalue weighted by atomic mass is 16.5. The lowest BCUT2D eigenvalue weighted by Gasteiger charge is -2.30. The molecule has 4 rings (SSSR count). The topological polar surface area (TPSA) is 95.7 Å². The van der Waals surface area contributed by atoms with E-state index in [1.54, 1.807) is 10.4 Å². The van der Waals surface area contributed by atoms with Crippen LogP contribution in [0, 0.1) is 0 Å². The van der Waals surface area contributed by atoms with Crippen LogP contribution in [0.5, 0.6) is 0 Å². The van der Waals surface area contributed by atoms with E-state index in [0.717, 1.165) is 36.0 Å². The molecular weight excluding hydrogens is 354 g/mol. The van der Waals surface area contributed by atoms with Gasteiger partial charge in [-0.1, -0.05) is 67.4 Å². The molecule has 0 saturated carbocycles. The molecule has 2 amide bonds. The molecule has 2 aromatic carbocycles. The van der Waals surface area contributed by atoms with Crippen LogP contribution in [0.3, 0.4) is 0 Å². The van der Waals surface area contributed by atoms with E-state index in [9.17, 15) is 9.59 Å². The zero-order valence-corrected chi connectivity index (χ0v) is 15.7. The first-order chi connectivity index (χ1) is 13.5. The highest BCUT2D eigenvalue weighted by Gasteiger charge is 2.53. The van der Waals surface area contributed by atoms with E-state index in [4.69, 9.17) is 10.9 Å². The average molecular weight is 379 g/mol. The minimum absolute atomic E-state index is 0.0869. The molecule has 4 N–H and O–H groups in total. The fourth-order valence-electron chi connectivity index (χ4n) is 4.61. The molecule has 2 aromatic rings. The van der Waals surface area contributed by atoms with Gasteiger partial charge in [0.05, 0.1) is 0 Å². The highest BCUT2D eigenvalue weighted by molar-refractivity contribution is 5.94. The number of hydroxylamine groups is 1. The maximum atomic E-state index is 13.3. The van der Waals surface area contributed by atoms with Crippen molar-refractivity contribution in [2.24, 2.45) is 5.73 Å². The Morgan fingerprint density at radius 1 is 1.04 bits per heavy atom. The van der Waals surface area contributed by atoms with Crippen molar-refractivity contribution in [2.45, 2.75) is 49.7 Å². The summed E-state index contributed by atoms with van der Waals surface area (Å²) in [7, 11) is 0. The van der Waals surface area contributed by atoms with Gasteiger partial charge < -0.3 is 10.6 Å². The molecule has 3 atom stereocenters. The second-order valence-electron chi connectivity index (χ2n) is 7.76. The number of rotatable bonds is 3. The van der Waals surface area contributed by atoms with Crippen molar-refractivity contribution in [3.63, 3.8) is 0 Å². The fraction of sp³-hybridized carbons (Fsp3) is 0.364. The predicted octanol–water partition coefficient (Wildman–Crippen LogP) is 2.56. The molecule has 1 unspecified atom stereocenters. The minimum Gasteiger partial charge on any atom is -0.326 e.